The zero-order valence-corrected chi connectivity index (χ0v) is 10.8. The van der Waals surface area contributed by atoms with Gasteiger partial charge in [-0.1, -0.05) is 23.2 Å². The summed E-state index contributed by atoms with van der Waals surface area (Å²) in [6, 6.07) is 4.42. The van der Waals surface area contributed by atoms with Gasteiger partial charge >= 0.3 is 0 Å². The fourth-order valence-corrected chi connectivity index (χ4v) is 1.69. The Hall–Kier alpha value is -1.19. The third-order valence-corrected chi connectivity index (χ3v) is 3.18. The zero-order valence-electron chi connectivity index (χ0n) is 9.26. The number of aromatic nitrogens is 2. The van der Waals surface area contributed by atoms with Gasteiger partial charge in [0.2, 0.25) is 0 Å². The highest BCUT2D eigenvalue weighted by Crippen LogP contribution is 2.24. The second-order valence-corrected chi connectivity index (χ2v) is 4.44. The van der Waals surface area contributed by atoms with Crippen molar-refractivity contribution >= 4 is 23.2 Å². The van der Waals surface area contributed by atoms with E-state index in [2.05, 4.69) is 9.97 Å². The van der Waals surface area contributed by atoms with Crippen molar-refractivity contribution < 1.29 is 4.39 Å². The number of hydrogen-bond acceptors (Lipinski definition) is 2. The first-order valence-electron chi connectivity index (χ1n) is 4.95. The van der Waals surface area contributed by atoms with E-state index >= 15 is 0 Å². The highest BCUT2D eigenvalue weighted by molar-refractivity contribution is 6.31. The van der Waals surface area contributed by atoms with Crippen LogP contribution in [0.4, 0.5) is 4.39 Å². The molecule has 2 rings (SSSR count). The summed E-state index contributed by atoms with van der Waals surface area (Å²) in [5.41, 5.74) is 2.15. The van der Waals surface area contributed by atoms with Crippen LogP contribution in [-0.2, 0) is 0 Å². The van der Waals surface area contributed by atoms with E-state index < -0.39 is 5.82 Å². The Balaban J connectivity index is 2.57. The molecule has 0 unspecified atom stereocenters. The van der Waals surface area contributed by atoms with E-state index in [1.165, 1.54) is 12.1 Å². The van der Waals surface area contributed by atoms with Crippen LogP contribution in [0.3, 0.4) is 0 Å². The zero-order chi connectivity index (χ0) is 12.6. The van der Waals surface area contributed by atoms with E-state index in [1.54, 1.807) is 6.07 Å². The van der Waals surface area contributed by atoms with Crippen molar-refractivity contribution in [2.24, 2.45) is 0 Å². The molecule has 0 radical (unpaired) electrons. The van der Waals surface area contributed by atoms with E-state index in [1.807, 2.05) is 13.8 Å². The lowest BCUT2D eigenvalue weighted by Gasteiger charge is -2.06. The van der Waals surface area contributed by atoms with Gasteiger partial charge in [0.25, 0.3) is 0 Å². The smallest absolute Gasteiger partial charge is 0.161 e. The van der Waals surface area contributed by atoms with Crippen LogP contribution in [0.25, 0.3) is 11.4 Å². The van der Waals surface area contributed by atoms with Gasteiger partial charge in [-0.2, -0.15) is 0 Å². The minimum Gasteiger partial charge on any atom is -0.233 e. The lowest BCUT2D eigenvalue weighted by atomic mass is 10.2. The topological polar surface area (TPSA) is 25.8 Å². The van der Waals surface area contributed by atoms with E-state index in [4.69, 9.17) is 23.2 Å². The second kappa shape index (κ2) is 4.59. The molecule has 0 atom stereocenters. The molecule has 1 aromatic carbocycles. The van der Waals surface area contributed by atoms with E-state index in [9.17, 15) is 4.39 Å². The fourth-order valence-electron chi connectivity index (χ4n) is 1.36. The molecule has 2 aromatic rings. The molecular formula is C12H9Cl2FN2. The van der Waals surface area contributed by atoms with Crippen molar-refractivity contribution in [3.8, 4) is 11.4 Å². The monoisotopic (exact) mass is 270 g/mol. The summed E-state index contributed by atoms with van der Waals surface area (Å²) in [5, 5.41) is 0.450. The lowest BCUT2D eigenvalue weighted by molar-refractivity contribution is 0.628. The van der Waals surface area contributed by atoms with Crippen molar-refractivity contribution in [2.75, 3.05) is 0 Å². The van der Waals surface area contributed by atoms with Gasteiger partial charge < -0.3 is 0 Å². The molecule has 5 heteroatoms. The third-order valence-electron chi connectivity index (χ3n) is 2.51. The van der Waals surface area contributed by atoms with Crippen LogP contribution < -0.4 is 0 Å². The molecule has 0 aliphatic heterocycles. The van der Waals surface area contributed by atoms with E-state index in [-0.39, 0.29) is 5.02 Å². The Bertz CT molecular complexity index is 562. The average molecular weight is 271 g/mol. The normalized spacial score (nSPS) is 10.6. The van der Waals surface area contributed by atoms with Crippen LogP contribution in [0.1, 0.15) is 11.3 Å². The molecule has 0 amide bonds. The van der Waals surface area contributed by atoms with Crippen molar-refractivity contribution in [3.05, 3.63) is 45.4 Å². The summed E-state index contributed by atoms with van der Waals surface area (Å²) in [7, 11) is 0. The molecule has 0 fully saturated rings. The largest absolute Gasteiger partial charge is 0.233 e. The minimum atomic E-state index is -0.498. The molecule has 0 saturated heterocycles. The van der Waals surface area contributed by atoms with Gasteiger partial charge in [-0.3, -0.25) is 0 Å². The maximum atomic E-state index is 13.3. The number of aryl methyl sites for hydroxylation is 1. The SMILES string of the molecule is Cc1nc(-c2ccc(Cl)c(F)c2)nc(Cl)c1C. The molecule has 0 aliphatic carbocycles. The Morgan fingerprint density at radius 1 is 1.12 bits per heavy atom. The van der Waals surface area contributed by atoms with Crippen LogP contribution in [0.15, 0.2) is 18.2 Å². The number of benzene rings is 1. The predicted octanol–water partition coefficient (Wildman–Crippen LogP) is 4.21. The Kier molecular flexibility index (Phi) is 3.31. The summed E-state index contributed by atoms with van der Waals surface area (Å²) in [4.78, 5) is 8.39. The highest BCUT2D eigenvalue weighted by Gasteiger charge is 2.09. The van der Waals surface area contributed by atoms with E-state index in [0.29, 0.717) is 16.5 Å². The number of halogens is 3. The van der Waals surface area contributed by atoms with Crippen LogP contribution in [-0.4, -0.2) is 9.97 Å². The first kappa shape index (κ1) is 12.3. The molecule has 1 heterocycles. The lowest BCUT2D eigenvalue weighted by Crippen LogP contribution is -1.96. The number of hydrogen-bond donors (Lipinski definition) is 0. The molecule has 2 nitrogen and oxygen atoms in total. The van der Waals surface area contributed by atoms with Crippen LogP contribution in [0, 0.1) is 19.7 Å². The van der Waals surface area contributed by atoms with Crippen molar-refractivity contribution in [1.29, 1.82) is 0 Å². The van der Waals surface area contributed by atoms with Gasteiger partial charge in [-0.25, -0.2) is 14.4 Å². The van der Waals surface area contributed by atoms with Crippen LogP contribution in [0.2, 0.25) is 10.2 Å². The average Bonchev–Trinajstić information content (AvgIpc) is 2.29. The molecular weight excluding hydrogens is 262 g/mol. The maximum absolute atomic E-state index is 13.3. The van der Waals surface area contributed by atoms with Crippen LogP contribution in [0.5, 0.6) is 0 Å². The molecule has 0 bridgehead atoms. The summed E-state index contributed by atoms with van der Waals surface area (Å²) >= 11 is 11.6. The first-order valence-corrected chi connectivity index (χ1v) is 5.71. The van der Waals surface area contributed by atoms with Gasteiger partial charge in [-0.05, 0) is 32.0 Å². The fraction of sp³-hybridized carbons (Fsp3) is 0.167. The van der Waals surface area contributed by atoms with E-state index in [0.717, 1.165) is 11.3 Å². The van der Waals surface area contributed by atoms with Crippen molar-refractivity contribution in [3.63, 3.8) is 0 Å². The molecule has 0 N–H and O–H groups in total. The standard InChI is InChI=1S/C12H9Cl2FN2/c1-6-7(2)16-12(17-11(6)14)8-3-4-9(13)10(15)5-8/h3-5H,1-2H3. The quantitative estimate of drug-likeness (QED) is 0.726. The highest BCUT2D eigenvalue weighted by atomic mass is 35.5. The summed E-state index contributed by atoms with van der Waals surface area (Å²) < 4.78 is 13.3. The predicted molar refractivity (Wildman–Crippen MR) is 66.9 cm³/mol. The van der Waals surface area contributed by atoms with Gasteiger partial charge in [-0.15, -0.1) is 0 Å². The molecule has 0 spiro atoms. The second-order valence-electron chi connectivity index (χ2n) is 3.68. The Morgan fingerprint density at radius 2 is 1.82 bits per heavy atom. The summed E-state index contributed by atoms with van der Waals surface area (Å²) in [6.07, 6.45) is 0. The Morgan fingerprint density at radius 3 is 2.41 bits per heavy atom. The van der Waals surface area contributed by atoms with Crippen molar-refractivity contribution in [2.45, 2.75) is 13.8 Å². The van der Waals surface area contributed by atoms with Crippen molar-refractivity contribution in [1.82, 2.24) is 9.97 Å². The maximum Gasteiger partial charge on any atom is 0.161 e. The third kappa shape index (κ3) is 2.40. The van der Waals surface area contributed by atoms with Crippen LogP contribution >= 0.6 is 23.2 Å². The Labute approximate surface area is 108 Å². The van der Waals surface area contributed by atoms with Gasteiger partial charge in [0, 0.05) is 16.8 Å². The minimum absolute atomic E-state index is 0.0729. The van der Waals surface area contributed by atoms with Gasteiger partial charge in [0.1, 0.15) is 11.0 Å². The summed E-state index contributed by atoms with van der Waals surface area (Å²) in [5.74, 6) is -0.101. The molecule has 88 valence electrons. The summed E-state index contributed by atoms with van der Waals surface area (Å²) in [6.45, 7) is 3.67. The molecule has 0 saturated carbocycles. The molecule has 0 aliphatic rings. The molecule has 1 aromatic heterocycles. The first-order chi connectivity index (χ1) is 7.99. The molecule has 17 heavy (non-hydrogen) atoms. The van der Waals surface area contributed by atoms with Gasteiger partial charge in [0.15, 0.2) is 5.82 Å². The number of rotatable bonds is 1. The van der Waals surface area contributed by atoms with Gasteiger partial charge in [0.05, 0.1) is 5.02 Å². The number of nitrogens with zero attached hydrogens (tertiary/aromatic N) is 2.